The molecule has 1 fully saturated rings. The first kappa shape index (κ1) is 8.06. The number of hydrogen-bond acceptors (Lipinski definition) is 1. The van der Waals surface area contributed by atoms with Crippen LogP contribution in [0.25, 0.3) is 0 Å². The maximum Gasteiger partial charge on any atom is 0.00176 e. The fraction of sp³-hybridized carbons (Fsp3) is 0.636. The van der Waals surface area contributed by atoms with Crippen molar-refractivity contribution in [3.05, 3.63) is 23.8 Å². The standard InChI is InChI=1S/C11H17N/c1-9-4-2-3-5-10-7-12-8-11(10)6-9/h2-3,6,10-12H,4-5,7-8H2,1H3/b3-2-,9-6-/t10-,11+/m0/s1. The van der Waals surface area contributed by atoms with Crippen LogP contribution >= 0.6 is 0 Å². The summed E-state index contributed by atoms with van der Waals surface area (Å²) in [5.41, 5.74) is 1.53. The second kappa shape index (κ2) is 3.44. The Balaban J connectivity index is 2.14. The lowest BCUT2D eigenvalue weighted by Crippen LogP contribution is -2.10. The molecule has 0 aromatic heterocycles. The quantitative estimate of drug-likeness (QED) is 0.539. The van der Waals surface area contributed by atoms with E-state index in [0.717, 1.165) is 18.3 Å². The Labute approximate surface area is 74.5 Å². The van der Waals surface area contributed by atoms with E-state index in [1.165, 1.54) is 25.1 Å². The van der Waals surface area contributed by atoms with Gasteiger partial charge in [-0.1, -0.05) is 23.8 Å². The molecule has 1 saturated heterocycles. The third-order valence-electron chi connectivity index (χ3n) is 2.94. The summed E-state index contributed by atoms with van der Waals surface area (Å²) in [5, 5.41) is 3.46. The molecule has 66 valence electrons. The van der Waals surface area contributed by atoms with Crippen molar-refractivity contribution in [3.63, 3.8) is 0 Å². The molecule has 0 aromatic carbocycles. The molecule has 0 aromatic rings. The monoisotopic (exact) mass is 163 g/mol. The van der Waals surface area contributed by atoms with Crippen molar-refractivity contribution in [2.75, 3.05) is 13.1 Å². The fourth-order valence-electron chi connectivity index (χ4n) is 2.18. The molecule has 1 aliphatic carbocycles. The first-order valence-electron chi connectivity index (χ1n) is 4.89. The molecule has 0 bridgehead atoms. The highest BCUT2D eigenvalue weighted by atomic mass is 14.9. The second-order valence-corrected chi connectivity index (χ2v) is 4.01. The van der Waals surface area contributed by atoms with Crippen molar-refractivity contribution in [2.45, 2.75) is 19.8 Å². The summed E-state index contributed by atoms with van der Waals surface area (Å²) in [6.45, 7) is 4.64. The minimum Gasteiger partial charge on any atom is -0.316 e. The third kappa shape index (κ3) is 1.61. The van der Waals surface area contributed by atoms with Crippen LogP contribution in [0.15, 0.2) is 23.8 Å². The van der Waals surface area contributed by atoms with Crippen LogP contribution in [-0.2, 0) is 0 Å². The van der Waals surface area contributed by atoms with Gasteiger partial charge in [-0.2, -0.15) is 0 Å². The molecule has 2 aliphatic rings. The van der Waals surface area contributed by atoms with E-state index in [9.17, 15) is 0 Å². The van der Waals surface area contributed by atoms with Crippen molar-refractivity contribution < 1.29 is 0 Å². The molecule has 12 heavy (non-hydrogen) atoms. The molecule has 2 atom stereocenters. The van der Waals surface area contributed by atoms with Crippen LogP contribution < -0.4 is 5.32 Å². The van der Waals surface area contributed by atoms with Crippen molar-refractivity contribution in [1.29, 1.82) is 0 Å². The molecular formula is C11H17N. The Morgan fingerprint density at radius 1 is 1.33 bits per heavy atom. The smallest absolute Gasteiger partial charge is 0.00176 e. The van der Waals surface area contributed by atoms with E-state index in [2.05, 4.69) is 30.5 Å². The van der Waals surface area contributed by atoms with Crippen LogP contribution in [-0.4, -0.2) is 13.1 Å². The first-order chi connectivity index (χ1) is 5.86. The SMILES string of the molecule is C/C1=C/[C@@H]2CNC[C@@H]2C/C=C\C1. The average Bonchev–Trinajstić information content (AvgIpc) is 2.42. The summed E-state index contributed by atoms with van der Waals surface area (Å²) >= 11 is 0. The van der Waals surface area contributed by atoms with Crippen LogP contribution in [0.5, 0.6) is 0 Å². The second-order valence-electron chi connectivity index (χ2n) is 4.01. The van der Waals surface area contributed by atoms with Crippen LogP contribution in [0.3, 0.4) is 0 Å². The number of hydrogen-bond donors (Lipinski definition) is 1. The predicted molar refractivity (Wildman–Crippen MR) is 52.0 cm³/mol. The molecule has 0 radical (unpaired) electrons. The fourth-order valence-corrected chi connectivity index (χ4v) is 2.18. The minimum absolute atomic E-state index is 0.801. The van der Waals surface area contributed by atoms with E-state index >= 15 is 0 Å². The van der Waals surface area contributed by atoms with E-state index in [1.54, 1.807) is 0 Å². The van der Waals surface area contributed by atoms with E-state index in [-0.39, 0.29) is 0 Å². The Morgan fingerprint density at radius 2 is 2.25 bits per heavy atom. The van der Waals surface area contributed by atoms with Crippen molar-refractivity contribution in [1.82, 2.24) is 5.32 Å². The normalized spacial score (nSPS) is 42.2. The van der Waals surface area contributed by atoms with Gasteiger partial charge in [0, 0.05) is 6.54 Å². The molecule has 2 rings (SSSR count). The highest BCUT2D eigenvalue weighted by Crippen LogP contribution is 2.25. The van der Waals surface area contributed by atoms with Gasteiger partial charge in [-0.05, 0) is 38.1 Å². The van der Waals surface area contributed by atoms with Crippen molar-refractivity contribution in [2.24, 2.45) is 11.8 Å². The minimum atomic E-state index is 0.801. The molecule has 1 aliphatic heterocycles. The maximum absolute atomic E-state index is 3.46. The molecular weight excluding hydrogens is 146 g/mol. The highest BCUT2D eigenvalue weighted by molar-refractivity contribution is 5.12. The lowest BCUT2D eigenvalue weighted by atomic mass is 9.89. The van der Waals surface area contributed by atoms with Gasteiger partial charge >= 0.3 is 0 Å². The number of rotatable bonds is 0. The predicted octanol–water partition coefficient (Wildman–Crippen LogP) is 2.12. The zero-order valence-corrected chi connectivity index (χ0v) is 7.72. The Kier molecular flexibility index (Phi) is 2.31. The summed E-state index contributed by atoms with van der Waals surface area (Å²) in [6, 6.07) is 0. The van der Waals surface area contributed by atoms with Gasteiger partial charge in [0.1, 0.15) is 0 Å². The molecule has 1 heterocycles. The zero-order valence-electron chi connectivity index (χ0n) is 7.72. The van der Waals surface area contributed by atoms with Gasteiger partial charge in [-0.25, -0.2) is 0 Å². The summed E-state index contributed by atoms with van der Waals surface area (Å²) in [5.74, 6) is 1.66. The zero-order chi connectivity index (χ0) is 8.39. The number of fused-ring (bicyclic) bond motifs is 1. The third-order valence-corrected chi connectivity index (χ3v) is 2.94. The molecule has 0 unspecified atom stereocenters. The van der Waals surface area contributed by atoms with E-state index < -0.39 is 0 Å². The summed E-state index contributed by atoms with van der Waals surface area (Å²) in [4.78, 5) is 0. The summed E-state index contributed by atoms with van der Waals surface area (Å²) in [6.07, 6.45) is 9.54. The van der Waals surface area contributed by atoms with Crippen LogP contribution in [0.4, 0.5) is 0 Å². The van der Waals surface area contributed by atoms with E-state index in [0.29, 0.717) is 0 Å². The molecule has 0 spiro atoms. The van der Waals surface area contributed by atoms with Gasteiger partial charge in [0.25, 0.3) is 0 Å². The van der Waals surface area contributed by atoms with Crippen molar-refractivity contribution in [3.8, 4) is 0 Å². The van der Waals surface area contributed by atoms with Gasteiger partial charge in [-0.3, -0.25) is 0 Å². The largest absolute Gasteiger partial charge is 0.316 e. The van der Waals surface area contributed by atoms with E-state index in [4.69, 9.17) is 0 Å². The lowest BCUT2D eigenvalue weighted by Gasteiger charge is -2.15. The topological polar surface area (TPSA) is 12.0 Å². The van der Waals surface area contributed by atoms with Gasteiger partial charge in [0.15, 0.2) is 0 Å². The molecule has 0 amide bonds. The number of nitrogens with one attached hydrogen (secondary N) is 1. The Morgan fingerprint density at radius 3 is 3.17 bits per heavy atom. The van der Waals surface area contributed by atoms with Gasteiger partial charge in [-0.15, -0.1) is 0 Å². The van der Waals surface area contributed by atoms with Crippen LogP contribution in [0.2, 0.25) is 0 Å². The van der Waals surface area contributed by atoms with Gasteiger partial charge in [0.2, 0.25) is 0 Å². The molecule has 1 nitrogen and oxygen atoms in total. The summed E-state index contributed by atoms with van der Waals surface area (Å²) in [7, 11) is 0. The Hall–Kier alpha value is -0.560. The van der Waals surface area contributed by atoms with Crippen LogP contribution in [0, 0.1) is 11.8 Å². The number of allylic oxidation sites excluding steroid dienone is 3. The van der Waals surface area contributed by atoms with Crippen LogP contribution in [0.1, 0.15) is 19.8 Å². The Bertz CT molecular complexity index is 215. The average molecular weight is 163 g/mol. The van der Waals surface area contributed by atoms with E-state index in [1.807, 2.05) is 0 Å². The molecule has 0 saturated carbocycles. The van der Waals surface area contributed by atoms with Crippen molar-refractivity contribution >= 4 is 0 Å². The highest BCUT2D eigenvalue weighted by Gasteiger charge is 2.24. The lowest BCUT2D eigenvalue weighted by molar-refractivity contribution is 0.494. The summed E-state index contributed by atoms with van der Waals surface area (Å²) < 4.78 is 0. The molecule has 1 heteroatoms. The van der Waals surface area contributed by atoms with Gasteiger partial charge < -0.3 is 5.32 Å². The first-order valence-corrected chi connectivity index (χ1v) is 4.89. The van der Waals surface area contributed by atoms with Gasteiger partial charge in [0.05, 0.1) is 0 Å². The maximum atomic E-state index is 3.46. The molecule has 1 N–H and O–H groups in total.